The van der Waals surface area contributed by atoms with Crippen LogP contribution in [0.2, 0.25) is 0 Å². The zero-order valence-corrected chi connectivity index (χ0v) is 20.4. The molecule has 0 amide bonds. The summed E-state index contributed by atoms with van der Waals surface area (Å²) in [6.07, 6.45) is 4.61. The van der Waals surface area contributed by atoms with E-state index >= 15 is 0 Å². The van der Waals surface area contributed by atoms with E-state index in [2.05, 4.69) is 33.0 Å². The zero-order chi connectivity index (χ0) is 23.1. The number of nitrogens with zero attached hydrogens (tertiary/aromatic N) is 2. The maximum absolute atomic E-state index is 10.6. The highest BCUT2D eigenvalue weighted by Crippen LogP contribution is 2.49. The predicted molar refractivity (Wildman–Crippen MR) is 131 cm³/mol. The Bertz CT molecular complexity index is 989. The molecule has 1 atom stereocenters. The van der Waals surface area contributed by atoms with Gasteiger partial charge in [-0.05, 0) is 55.2 Å². The summed E-state index contributed by atoms with van der Waals surface area (Å²) in [7, 11) is 1.72. The molecule has 7 nitrogen and oxygen atoms in total. The van der Waals surface area contributed by atoms with Crippen molar-refractivity contribution in [2.75, 3.05) is 72.9 Å². The smallest absolute Gasteiger partial charge is 0.120 e. The lowest BCUT2D eigenvalue weighted by molar-refractivity contribution is -0.0335. The van der Waals surface area contributed by atoms with E-state index in [1.165, 1.54) is 36.0 Å². The fourth-order valence-electron chi connectivity index (χ4n) is 7.06. The third kappa shape index (κ3) is 4.05. The number of benzene rings is 1. The summed E-state index contributed by atoms with van der Waals surface area (Å²) in [6.45, 7) is 9.12. The summed E-state index contributed by atoms with van der Waals surface area (Å²) in [5.41, 5.74) is 3.90. The molecule has 4 aliphatic rings. The van der Waals surface area contributed by atoms with Gasteiger partial charge in [-0.3, -0.25) is 4.90 Å². The van der Waals surface area contributed by atoms with Gasteiger partial charge < -0.3 is 29.2 Å². The quantitative estimate of drug-likeness (QED) is 0.678. The third-order valence-electron chi connectivity index (χ3n) is 8.76. The Balaban J connectivity index is 1.32. The van der Waals surface area contributed by atoms with Crippen LogP contribution in [0.1, 0.15) is 43.0 Å². The van der Waals surface area contributed by atoms with Gasteiger partial charge >= 0.3 is 0 Å². The number of H-pyrrole nitrogens is 1. The molecule has 186 valence electrons. The van der Waals surface area contributed by atoms with Gasteiger partial charge in [0, 0.05) is 87.2 Å². The molecule has 2 aromatic rings. The summed E-state index contributed by atoms with van der Waals surface area (Å²) in [5.74, 6) is 2.27. The minimum atomic E-state index is 0.0198. The number of aliphatic hydroxyl groups excluding tert-OH is 1. The first-order valence-corrected chi connectivity index (χ1v) is 13.1. The number of hydrogen-bond acceptors (Lipinski definition) is 6. The lowest BCUT2D eigenvalue weighted by Crippen LogP contribution is -2.67. The van der Waals surface area contributed by atoms with Crippen LogP contribution in [0.5, 0.6) is 5.75 Å². The molecular weight excluding hydrogens is 430 g/mol. The van der Waals surface area contributed by atoms with Crippen LogP contribution in [0.25, 0.3) is 10.9 Å². The van der Waals surface area contributed by atoms with E-state index in [1.807, 2.05) is 0 Å². The van der Waals surface area contributed by atoms with Gasteiger partial charge in [-0.25, -0.2) is 0 Å². The Kier molecular flexibility index (Phi) is 6.32. The van der Waals surface area contributed by atoms with Gasteiger partial charge in [0.1, 0.15) is 5.75 Å². The van der Waals surface area contributed by atoms with Crippen LogP contribution in [0.3, 0.4) is 0 Å². The average molecular weight is 470 g/mol. The molecular formula is C27H39N3O4. The summed E-state index contributed by atoms with van der Waals surface area (Å²) < 4.78 is 16.7. The maximum atomic E-state index is 10.6. The topological polar surface area (TPSA) is 70.2 Å². The first-order chi connectivity index (χ1) is 16.7. The monoisotopic (exact) mass is 469 g/mol. The number of hydrogen-bond donors (Lipinski definition) is 2. The van der Waals surface area contributed by atoms with E-state index in [-0.39, 0.29) is 18.1 Å². The van der Waals surface area contributed by atoms with Crippen LogP contribution in [-0.4, -0.2) is 92.8 Å². The second kappa shape index (κ2) is 9.43. The summed E-state index contributed by atoms with van der Waals surface area (Å²) in [4.78, 5) is 8.98. The summed E-state index contributed by atoms with van der Waals surface area (Å²) in [5, 5.41) is 11.9. The molecule has 0 aliphatic carbocycles. The van der Waals surface area contributed by atoms with Crippen LogP contribution < -0.4 is 4.74 Å². The molecule has 2 N–H and O–H groups in total. The molecule has 0 bridgehead atoms. The van der Waals surface area contributed by atoms with Gasteiger partial charge in [0.15, 0.2) is 0 Å². The number of fused-ring (bicyclic) bond motifs is 4. The fraction of sp³-hybridized carbons (Fsp3) is 0.704. The van der Waals surface area contributed by atoms with Gasteiger partial charge in [-0.15, -0.1) is 0 Å². The molecule has 34 heavy (non-hydrogen) atoms. The Labute approximate surface area is 202 Å². The maximum Gasteiger partial charge on any atom is 0.120 e. The van der Waals surface area contributed by atoms with Crippen LogP contribution in [0, 0.1) is 11.8 Å². The second-order valence-electron chi connectivity index (χ2n) is 11.0. The molecule has 0 saturated carbocycles. The van der Waals surface area contributed by atoms with Crippen molar-refractivity contribution in [3.8, 4) is 5.75 Å². The molecule has 1 aromatic heterocycles. The minimum absolute atomic E-state index is 0.0198. The number of methoxy groups -OCH3 is 1. The lowest BCUT2D eigenvalue weighted by atomic mass is 9.68. The minimum Gasteiger partial charge on any atom is -0.497 e. The molecule has 0 radical (unpaired) electrons. The number of aliphatic hydroxyl groups is 1. The third-order valence-corrected chi connectivity index (χ3v) is 8.76. The van der Waals surface area contributed by atoms with Crippen molar-refractivity contribution in [3.63, 3.8) is 0 Å². The van der Waals surface area contributed by atoms with E-state index in [0.29, 0.717) is 5.92 Å². The average Bonchev–Trinajstić information content (AvgIpc) is 3.23. The van der Waals surface area contributed by atoms with Crippen LogP contribution in [0.15, 0.2) is 18.2 Å². The number of aromatic nitrogens is 1. The van der Waals surface area contributed by atoms with Gasteiger partial charge in [-0.1, -0.05) is 0 Å². The number of likely N-dealkylation sites (tertiary alicyclic amines) is 1. The van der Waals surface area contributed by atoms with E-state index < -0.39 is 0 Å². The fourth-order valence-corrected chi connectivity index (χ4v) is 7.06. The highest BCUT2D eigenvalue weighted by atomic mass is 16.5. The lowest BCUT2D eigenvalue weighted by Gasteiger charge is -2.57. The van der Waals surface area contributed by atoms with Gasteiger partial charge in [-0.2, -0.15) is 0 Å². The predicted octanol–water partition coefficient (Wildman–Crippen LogP) is 2.93. The Morgan fingerprint density at radius 2 is 1.68 bits per heavy atom. The molecule has 3 saturated heterocycles. The molecule has 3 fully saturated rings. The van der Waals surface area contributed by atoms with Crippen molar-refractivity contribution in [3.05, 3.63) is 29.5 Å². The highest BCUT2D eigenvalue weighted by Gasteiger charge is 2.53. The molecule has 5 heterocycles. The molecule has 6 rings (SSSR count). The van der Waals surface area contributed by atoms with Gasteiger partial charge in [0.05, 0.1) is 19.8 Å². The van der Waals surface area contributed by atoms with Crippen molar-refractivity contribution < 1.29 is 19.3 Å². The van der Waals surface area contributed by atoms with Crippen LogP contribution in [0.4, 0.5) is 0 Å². The Morgan fingerprint density at radius 1 is 1.00 bits per heavy atom. The molecule has 4 aliphatic heterocycles. The van der Waals surface area contributed by atoms with Crippen LogP contribution in [-0.2, 0) is 14.9 Å². The van der Waals surface area contributed by atoms with E-state index in [4.69, 9.17) is 14.2 Å². The van der Waals surface area contributed by atoms with Crippen LogP contribution >= 0.6 is 0 Å². The molecule has 1 spiro atoms. The zero-order valence-electron chi connectivity index (χ0n) is 20.4. The Hall–Kier alpha value is -1.64. The van der Waals surface area contributed by atoms with E-state index in [0.717, 1.165) is 82.6 Å². The number of rotatable bonds is 6. The van der Waals surface area contributed by atoms with E-state index in [1.54, 1.807) is 7.11 Å². The second-order valence-corrected chi connectivity index (χ2v) is 11.0. The summed E-state index contributed by atoms with van der Waals surface area (Å²) in [6, 6.07) is 6.42. The first-order valence-electron chi connectivity index (χ1n) is 13.1. The number of ether oxygens (including phenoxy) is 3. The summed E-state index contributed by atoms with van der Waals surface area (Å²) >= 11 is 0. The first kappa shape index (κ1) is 22.8. The van der Waals surface area contributed by atoms with Crippen molar-refractivity contribution >= 4 is 10.9 Å². The molecule has 7 heteroatoms. The SMILES string of the molecule is COc1ccc2c3c([nH]c2c1)[C@@H](CO)N(CC1CCOCC1)CC31CN(CC2CCOCC2)C1. The van der Waals surface area contributed by atoms with Crippen molar-refractivity contribution in [2.45, 2.75) is 37.1 Å². The van der Waals surface area contributed by atoms with Crippen molar-refractivity contribution in [1.82, 2.24) is 14.8 Å². The van der Waals surface area contributed by atoms with Gasteiger partial charge in [0.25, 0.3) is 0 Å². The van der Waals surface area contributed by atoms with E-state index in [9.17, 15) is 5.11 Å². The molecule has 0 unspecified atom stereocenters. The number of aromatic amines is 1. The van der Waals surface area contributed by atoms with Crippen molar-refractivity contribution in [1.29, 1.82) is 0 Å². The largest absolute Gasteiger partial charge is 0.497 e. The number of nitrogens with one attached hydrogen (secondary N) is 1. The highest BCUT2D eigenvalue weighted by molar-refractivity contribution is 5.88. The normalized spacial score (nSPS) is 26.6. The standard InChI is InChI=1S/C27H39N3O4/c1-32-21-2-3-22-23(12-21)28-26-24(15-31)30(14-20-6-10-34-11-7-20)18-27(25(22)26)16-29(17-27)13-19-4-8-33-9-5-19/h2-3,12,19-20,24,28,31H,4-11,13-18H2,1H3/t24-/m1/s1. The molecule has 1 aromatic carbocycles. The van der Waals surface area contributed by atoms with Crippen molar-refractivity contribution in [2.24, 2.45) is 11.8 Å². The Morgan fingerprint density at radius 3 is 2.32 bits per heavy atom. The van der Waals surface area contributed by atoms with Gasteiger partial charge in [0.2, 0.25) is 0 Å².